The second-order valence-electron chi connectivity index (χ2n) is 4.74. The van der Waals surface area contributed by atoms with Crippen molar-refractivity contribution in [1.82, 2.24) is 5.43 Å². The molecule has 2 aromatic rings. The summed E-state index contributed by atoms with van der Waals surface area (Å²) in [6.07, 6.45) is 3.11. The number of halogens is 1. The van der Waals surface area contributed by atoms with Gasteiger partial charge < -0.3 is 9.47 Å². The molecular weight excluding hydrogens is 328 g/mol. The zero-order valence-electron chi connectivity index (χ0n) is 13.3. The molecule has 0 aliphatic heterocycles. The van der Waals surface area contributed by atoms with Crippen LogP contribution in [0.2, 0.25) is 0 Å². The Morgan fingerprint density at radius 3 is 2.29 bits per heavy atom. The number of carbonyl (C=O) groups excluding carboxylic acids is 1. The minimum Gasteiger partial charge on any atom is -0.497 e. The van der Waals surface area contributed by atoms with Crippen LogP contribution in [0.3, 0.4) is 0 Å². The molecule has 0 saturated carbocycles. The summed E-state index contributed by atoms with van der Waals surface area (Å²) in [4.78, 5) is 12.1. The Hall–Kier alpha value is -2.79. The van der Waals surface area contributed by atoms with Crippen LogP contribution in [-0.2, 0) is 0 Å². The average Bonchev–Trinajstić information content (AvgIpc) is 2.61. The van der Waals surface area contributed by atoms with Gasteiger partial charge in [0.05, 0.1) is 25.5 Å². The predicted molar refractivity (Wildman–Crippen MR) is 95.8 cm³/mol. The molecule has 0 bridgehead atoms. The maximum Gasteiger partial charge on any atom is 0.271 e. The highest BCUT2D eigenvalue weighted by Crippen LogP contribution is 2.22. The third-order valence-corrected chi connectivity index (χ3v) is 3.28. The normalized spacial score (nSPS) is 11.4. The first-order valence-corrected chi connectivity index (χ1v) is 7.49. The third-order valence-electron chi connectivity index (χ3n) is 3.07. The molecular formula is C18H17ClN2O3. The monoisotopic (exact) mass is 344 g/mol. The molecule has 0 atom stereocenters. The predicted octanol–water partition coefficient (Wildman–Crippen LogP) is 3.70. The molecule has 6 heteroatoms. The van der Waals surface area contributed by atoms with Gasteiger partial charge in [-0.05, 0) is 23.8 Å². The lowest BCUT2D eigenvalue weighted by molar-refractivity contribution is 0.0954. The van der Waals surface area contributed by atoms with Gasteiger partial charge in [0.15, 0.2) is 0 Å². The fourth-order valence-corrected chi connectivity index (χ4v) is 2.08. The summed E-state index contributed by atoms with van der Waals surface area (Å²) in [5.74, 6) is 0.642. The molecule has 2 rings (SSSR count). The van der Waals surface area contributed by atoms with E-state index in [1.807, 2.05) is 30.3 Å². The lowest BCUT2D eigenvalue weighted by atomic mass is 10.2. The number of hydrazone groups is 1. The van der Waals surface area contributed by atoms with Gasteiger partial charge in [0, 0.05) is 11.6 Å². The number of rotatable bonds is 6. The first-order chi connectivity index (χ1) is 11.6. The summed E-state index contributed by atoms with van der Waals surface area (Å²) in [6, 6.07) is 14.4. The van der Waals surface area contributed by atoms with Crippen molar-refractivity contribution in [2.24, 2.45) is 5.10 Å². The second kappa shape index (κ2) is 8.74. The number of benzene rings is 2. The first-order valence-electron chi connectivity index (χ1n) is 7.11. The van der Waals surface area contributed by atoms with Crippen molar-refractivity contribution in [3.8, 4) is 11.5 Å². The van der Waals surface area contributed by atoms with Gasteiger partial charge in [-0.1, -0.05) is 41.9 Å². The molecule has 2 aromatic carbocycles. The van der Waals surface area contributed by atoms with Crippen molar-refractivity contribution in [1.29, 1.82) is 0 Å². The molecule has 0 fully saturated rings. The van der Waals surface area contributed by atoms with Crippen LogP contribution in [0.1, 0.15) is 15.9 Å². The Labute approximate surface area is 145 Å². The number of nitrogens with one attached hydrogen (secondary N) is 1. The first kappa shape index (κ1) is 17.6. The quantitative estimate of drug-likeness (QED) is 0.642. The fourth-order valence-electron chi connectivity index (χ4n) is 1.90. The van der Waals surface area contributed by atoms with E-state index >= 15 is 0 Å². The number of hydrogen-bond acceptors (Lipinski definition) is 4. The van der Waals surface area contributed by atoms with Crippen molar-refractivity contribution in [3.05, 3.63) is 64.7 Å². The molecule has 1 N–H and O–H groups in total. The van der Waals surface area contributed by atoms with Gasteiger partial charge in [-0.3, -0.25) is 4.79 Å². The highest BCUT2D eigenvalue weighted by molar-refractivity contribution is 6.41. The number of methoxy groups -OCH3 is 2. The fraction of sp³-hybridized carbons (Fsp3) is 0.111. The highest BCUT2D eigenvalue weighted by Gasteiger charge is 2.09. The van der Waals surface area contributed by atoms with Crippen LogP contribution in [0.5, 0.6) is 11.5 Å². The molecule has 0 spiro atoms. The Balaban J connectivity index is 2.03. The van der Waals surface area contributed by atoms with Crippen LogP contribution in [0, 0.1) is 0 Å². The van der Waals surface area contributed by atoms with E-state index in [0.29, 0.717) is 22.1 Å². The minimum atomic E-state index is -0.396. The number of allylic oxidation sites excluding steroid dienone is 1. The summed E-state index contributed by atoms with van der Waals surface area (Å²) in [5.41, 5.74) is 3.72. The Morgan fingerprint density at radius 1 is 1.08 bits per heavy atom. The van der Waals surface area contributed by atoms with Crippen molar-refractivity contribution in [3.63, 3.8) is 0 Å². The van der Waals surface area contributed by atoms with E-state index in [4.69, 9.17) is 21.1 Å². The van der Waals surface area contributed by atoms with Crippen LogP contribution in [0.25, 0.3) is 6.08 Å². The van der Waals surface area contributed by atoms with Gasteiger partial charge in [-0.25, -0.2) is 5.43 Å². The maximum absolute atomic E-state index is 12.1. The number of amides is 1. The lowest BCUT2D eigenvalue weighted by Crippen LogP contribution is -2.17. The summed E-state index contributed by atoms with van der Waals surface area (Å²) in [5, 5.41) is 4.24. The molecule has 0 aliphatic carbocycles. The molecule has 0 aromatic heterocycles. The van der Waals surface area contributed by atoms with Crippen molar-refractivity contribution in [2.75, 3.05) is 14.2 Å². The van der Waals surface area contributed by atoms with E-state index in [1.165, 1.54) is 20.4 Å². The topological polar surface area (TPSA) is 59.9 Å². The zero-order valence-corrected chi connectivity index (χ0v) is 14.1. The smallest absolute Gasteiger partial charge is 0.271 e. The Bertz CT molecular complexity index is 736. The lowest BCUT2D eigenvalue weighted by Gasteiger charge is -2.07. The van der Waals surface area contributed by atoms with E-state index < -0.39 is 5.91 Å². The summed E-state index contributed by atoms with van der Waals surface area (Å²) < 4.78 is 10.3. The molecule has 124 valence electrons. The SMILES string of the molecule is COc1cc(OC)cc(C(=O)N/N=C/C(Cl)=C/c2ccccc2)c1. The Morgan fingerprint density at radius 2 is 1.71 bits per heavy atom. The van der Waals surface area contributed by atoms with Crippen molar-refractivity contribution in [2.45, 2.75) is 0 Å². The summed E-state index contributed by atoms with van der Waals surface area (Å²) >= 11 is 6.06. The molecule has 0 saturated heterocycles. The minimum absolute atomic E-state index is 0.367. The van der Waals surface area contributed by atoms with Crippen LogP contribution < -0.4 is 14.9 Å². The van der Waals surface area contributed by atoms with Crippen molar-refractivity contribution >= 4 is 29.8 Å². The molecule has 0 unspecified atom stereocenters. The van der Waals surface area contributed by atoms with E-state index in [0.717, 1.165) is 5.56 Å². The molecule has 24 heavy (non-hydrogen) atoms. The average molecular weight is 345 g/mol. The Kier molecular flexibility index (Phi) is 6.40. The van der Waals surface area contributed by atoms with Gasteiger partial charge >= 0.3 is 0 Å². The third kappa shape index (κ3) is 5.14. The van der Waals surface area contributed by atoms with Gasteiger partial charge in [0.2, 0.25) is 0 Å². The van der Waals surface area contributed by atoms with Crippen molar-refractivity contribution < 1.29 is 14.3 Å². The number of hydrogen-bond donors (Lipinski definition) is 1. The standard InChI is InChI=1S/C18H17ClN2O3/c1-23-16-9-14(10-17(11-16)24-2)18(22)21-20-12-15(19)8-13-6-4-3-5-7-13/h3-12H,1-2H3,(H,21,22)/b15-8-,20-12+. The molecule has 0 aliphatic rings. The van der Waals surface area contributed by atoms with E-state index in [9.17, 15) is 4.79 Å². The van der Waals surface area contributed by atoms with Crippen LogP contribution >= 0.6 is 11.6 Å². The van der Waals surface area contributed by atoms with Gasteiger partial charge in [-0.2, -0.15) is 5.10 Å². The van der Waals surface area contributed by atoms with E-state index in [2.05, 4.69) is 10.5 Å². The summed E-state index contributed by atoms with van der Waals surface area (Å²) in [6.45, 7) is 0. The molecule has 5 nitrogen and oxygen atoms in total. The van der Waals surface area contributed by atoms with Gasteiger partial charge in [0.1, 0.15) is 11.5 Å². The molecule has 0 radical (unpaired) electrons. The van der Waals surface area contributed by atoms with Gasteiger partial charge in [0.25, 0.3) is 5.91 Å². The molecule has 1 amide bonds. The van der Waals surface area contributed by atoms with Crippen LogP contribution in [0.4, 0.5) is 0 Å². The maximum atomic E-state index is 12.1. The van der Waals surface area contributed by atoms with Crippen LogP contribution in [-0.4, -0.2) is 26.3 Å². The van der Waals surface area contributed by atoms with Gasteiger partial charge in [-0.15, -0.1) is 0 Å². The number of carbonyl (C=O) groups is 1. The summed E-state index contributed by atoms with van der Waals surface area (Å²) in [7, 11) is 3.03. The largest absolute Gasteiger partial charge is 0.497 e. The highest BCUT2D eigenvalue weighted by atomic mass is 35.5. The van der Waals surface area contributed by atoms with E-state index in [1.54, 1.807) is 24.3 Å². The number of nitrogens with zero attached hydrogens (tertiary/aromatic N) is 1. The molecule has 0 heterocycles. The van der Waals surface area contributed by atoms with E-state index in [-0.39, 0.29) is 0 Å². The number of ether oxygens (including phenoxy) is 2. The van der Waals surface area contributed by atoms with Crippen LogP contribution in [0.15, 0.2) is 58.7 Å². The second-order valence-corrected chi connectivity index (χ2v) is 5.18. The zero-order chi connectivity index (χ0) is 17.4.